The van der Waals surface area contributed by atoms with Crippen LogP contribution in [0.5, 0.6) is 0 Å². The highest BCUT2D eigenvalue weighted by Gasteiger charge is 2.33. The van der Waals surface area contributed by atoms with Crippen molar-refractivity contribution < 1.29 is 22.3 Å². The standard InChI is InChI=1S/C21H24F4N4O/c22-18-19(26-12-16-4-1-2-11-30-16)27-13-28-20(18)29-10-3-5-17(29)14-6-8-15(9-7-14)21(23,24)25/h6-9,13,16-17H,1-5,10-12H2,(H,26,27,28). The summed E-state index contributed by atoms with van der Waals surface area (Å²) in [6, 6.07) is 4.83. The normalized spacial score (nSPS) is 22.3. The quantitative estimate of drug-likeness (QED) is 0.688. The molecule has 1 aromatic carbocycles. The lowest BCUT2D eigenvalue weighted by Crippen LogP contribution is -2.28. The number of halogens is 4. The monoisotopic (exact) mass is 424 g/mol. The maximum Gasteiger partial charge on any atom is 0.416 e. The maximum absolute atomic E-state index is 15.2. The van der Waals surface area contributed by atoms with E-state index in [0.717, 1.165) is 37.8 Å². The van der Waals surface area contributed by atoms with Crippen molar-refractivity contribution in [3.8, 4) is 0 Å². The fraction of sp³-hybridized carbons (Fsp3) is 0.524. The third-order valence-corrected chi connectivity index (χ3v) is 5.69. The van der Waals surface area contributed by atoms with Gasteiger partial charge in [0.2, 0.25) is 5.82 Å². The Hall–Kier alpha value is -2.42. The molecule has 4 rings (SSSR count). The fourth-order valence-electron chi connectivity index (χ4n) is 4.12. The van der Waals surface area contributed by atoms with Gasteiger partial charge in [0.05, 0.1) is 17.7 Å². The first kappa shape index (κ1) is 20.8. The Morgan fingerprint density at radius 3 is 2.57 bits per heavy atom. The summed E-state index contributed by atoms with van der Waals surface area (Å²) in [4.78, 5) is 9.97. The van der Waals surface area contributed by atoms with Crippen LogP contribution >= 0.6 is 0 Å². The van der Waals surface area contributed by atoms with Gasteiger partial charge in [0.25, 0.3) is 0 Å². The van der Waals surface area contributed by atoms with Crippen LogP contribution in [-0.2, 0) is 10.9 Å². The Morgan fingerprint density at radius 1 is 1.07 bits per heavy atom. The van der Waals surface area contributed by atoms with Gasteiger partial charge in [0, 0.05) is 19.7 Å². The van der Waals surface area contributed by atoms with E-state index in [-0.39, 0.29) is 23.8 Å². The average molecular weight is 424 g/mol. The van der Waals surface area contributed by atoms with Gasteiger partial charge >= 0.3 is 6.18 Å². The van der Waals surface area contributed by atoms with Crippen molar-refractivity contribution in [1.29, 1.82) is 0 Å². The number of hydrogen-bond donors (Lipinski definition) is 1. The molecule has 3 heterocycles. The summed E-state index contributed by atoms with van der Waals surface area (Å²) in [7, 11) is 0. The van der Waals surface area contributed by atoms with Crippen LogP contribution in [0.3, 0.4) is 0 Å². The minimum atomic E-state index is -4.38. The summed E-state index contributed by atoms with van der Waals surface area (Å²) >= 11 is 0. The van der Waals surface area contributed by atoms with E-state index >= 15 is 4.39 Å². The Kier molecular flexibility index (Phi) is 6.08. The molecule has 0 spiro atoms. The highest BCUT2D eigenvalue weighted by molar-refractivity contribution is 5.53. The summed E-state index contributed by atoms with van der Waals surface area (Å²) in [5.74, 6) is -0.265. The van der Waals surface area contributed by atoms with E-state index in [9.17, 15) is 13.2 Å². The highest BCUT2D eigenvalue weighted by Crippen LogP contribution is 2.38. The number of aromatic nitrogens is 2. The maximum atomic E-state index is 15.2. The van der Waals surface area contributed by atoms with Crippen molar-refractivity contribution in [1.82, 2.24) is 9.97 Å². The van der Waals surface area contributed by atoms with E-state index in [1.165, 1.54) is 18.5 Å². The molecule has 2 aliphatic rings. The van der Waals surface area contributed by atoms with E-state index < -0.39 is 17.6 Å². The van der Waals surface area contributed by atoms with E-state index in [0.29, 0.717) is 31.7 Å². The van der Waals surface area contributed by atoms with Crippen molar-refractivity contribution in [3.63, 3.8) is 0 Å². The number of nitrogens with zero attached hydrogens (tertiary/aromatic N) is 3. The van der Waals surface area contributed by atoms with Gasteiger partial charge in [-0.15, -0.1) is 0 Å². The van der Waals surface area contributed by atoms with Crippen molar-refractivity contribution in [2.24, 2.45) is 0 Å². The molecule has 2 aromatic rings. The summed E-state index contributed by atoms with van der Waals surface area (Å²) < 4.78 is 59.4. The molecule has 0 bridgehead atoms. The largest absolute Gasteiger partial charge is 0.416 e. The van der Waals surface area contributed by atoms with E-state index in [1.807, 2.05) is 4.90 Å². The molecule has 162 valence electrons. The van der Waals surface area contributed by atoms with Crippen molar-refractivity contribution in [2.45, 2.75) is 50.4 Å². The Bertz CT molecular complexity index is 853. The Labute approximate surface area is 172 Å². The molecule has 2 aliphatic heterocycles. The second-order valence-corrected chi connectivity index (χ2v) is 7.70. The molecule has 2 fully saturated rings. The van der Waals surface area contributed by atoms with Crippen LogP contribution < -0.4 is 10.2 Å². The molecule has 9 heteroatoms. The molecule has 5 nitrogen and oxygen atoms in total. The third kappa shape index (κ3) is 4.50. The molecule has 1 aromatic heterocycles. The summed E-state index contributed by atoms with van der Waals surface area (Å²) in [5.41, 5.74) is 0.0176. The summed E-state index contributed by atoms with van der Waals surface area (Å²) in [5, 5.41) is 3.02. The minimum Gasteiger partial charge on any atom is -0.376 e. The van der Waals surface area contributed by atoms with E-state index in [4.69, 9.17) is 4.74 Å². The van der Waals surface area contributed by atoms with Crippen molar-refractivity contribution >= 4 is 11.6 Å². The van der Waals surface area contributed by atoms with Gasteiger partial charge in [0.1, 0.15) is 6.33 Å². The van der Waals surface area contributed by atoms with Crippen LogP contribution in [0, 0.1) is 5.82 Å². The van der Waals surface area contributed by atoms with Crippen LogP contribution in [0.2, 0.25) is 0 Å². The van der Waals surface area contributed by atoms with Gasteiger partial charge in [-0.3, -0.25) is 0 Å². The third-order valence-electron chi connectivity index (χ3n) is 5.69. The smallest absolute Gasteiger partial charge is 0.376 e. The van der Waals surface area contributed by atoms with Gasteiger partial charge in [-0.1, -0.05) is 12.1 Å². The lowest BCUT2D eigenvalue weighted by Gasteiger charge is -2.27. The predicted octanol–water partition coefficient (Wildman–Crippen LogP) is 4.96. The summed E-state index contributed by atoms with van der Waals surface area (Å²) in [6.07, 6.45) is 1.54. The molecular weight excluding hydrogens is 400 g/mol. The van der Waals surface area contributed by atoms with Gasteiger partial charge in [0.15, 0.2) is 11.6 Å². The number of nitrogens with one attached hydrogen (secondary N) is 1. The van der Waals surface area contributed by atoms with Gasteiger partial charge in [-0.05, 0) is 49.8 Å². The molecule has 0 saturated carbocycles. The Morgan fingerprint density at radius 2 is 1.87 bits per heavy atom. The number of ether oxygens (including phenoxy) is 1. The number of rotatable bonds is 5. The van der Waals surface area contributed by atoms with Gasteiger partial charge in [-0.25, -0.2) is 9.97 Å². The molecule has 0 radical (unpaired) electrons. The second-order valence-electron chi connectivity index (χ2n) is 7.70. The van der Waals surface area contributed by atoms with Gasteiger partial charge in [-0.2, -0.15) is 17.6 Å². The van der Waals surface area contributed by atoms with Crippen LogP contribution in [-0.4, -0.2) is 35.8 Å². The number of alkyl halides is 3. The Balaban J connectivity index is 1.51. The fourth-order valence-corrected chi connectivity index (χ4v) is 4.12. The lowest BCUT2D eigenvalue weighted by molar-refractivity contribution is -0.137. The van der Waals surface area contributed by atoms with Gasteiger partial charge < -0.3 is 15.0 Å². The first-order valence-corrected chi connectivity index (χ1v) is 10.2. The first-order valence-electron chi connectivity index (χ1n) is 10.2. The molecular formula is C21H24F4N4O. The van der Waals surface area contributed by atoms with E-state index in [2.05, 4.69) is 15.3 Å². The molecule has 2 saturated heterocycles. The number of hydrogen-bond acceptors (Lipinski definition) is 5. The minimum absolute atomic E-state index is 0.0308. The van der Waals surface area contributed by atoms with E-state index in [1.54, 1.807) is 0 Å². The first-order chi connectivity index (χ1) is 14.4. The number of anilines is 2. The molecule has 2 unspecified atom stereocenters. The topological polar surface area (TPSA) is 50.3 Å². The number of benzene rings is 1. The van der Waals surface area contributed by atoms with Crippen molar-refractivity contribution in [2.75, 3.05) is 29.9 Å². The highest BCUT2D eigenvalue weighted by atomic mass is 19.4. The zero-order valence-electron chi connectivity index (χ0n) is 16.5. The average Bonchev–Trinajstić information content (AvgIpc) is 3.23. The zero-order chi connectivity index (χ0) is 21.1. The molecule has 2 atom stereocenters. The summed E-state index contributed by atoms with van der Waals surface area (Å²) in [6.45, 7) is 1.76. The zero-order valence-corrected chi connectivity index (χ0v) is 16.5. The molecule has 30 heavy (non-hydrogen) atoms. The van der Waals surface area contributed by atoms with Crippen LogP contribution in [0.25, 0.3) is 0 Å². The van der Waals surface area contributed by atoms with Crippen LogP contribution in [0.1, 0.15) is 49.3 Å². The van der Waals surface area contributed by atoms with Crippen LogP contribution in [0.15, 0.2) is 30.6 Å². The predicted molar refractivity (Wildman–Crippen MR) is 105 cm³/mol. The molecule has 0 amide bonds. The lowest BCUT2D eigenvalue weighted by atomic mass is 10.0. The van der Waals surface area contributed by atoms with Crippen LogP contribution in [0.4, 0.5) is 29.2 Å². The second kappa shape index (κ2) is 8.75. The molecule has 0 aliphatic carbocycles. The SMILES string of the molecule is Fc1c(NCC2CCCCO2)ncnc1N1CCCC1c1ccc(C(F)(F)F)cc1. The molecule has 1 N–H and O–H groups in total. The van der Waals surface area contributed by atoms with Crippen molar-refractivity contribution in [3.05, 3.63) is 47.5 Å².